The molecule has 4 nitrogen and oxygen atoms in total. The number of nitrogens with zero attached hydrogens (tertiary/aromatic N) is 2. The third-order valence-electron chi connectivity index (χ3n) is 4.91. The number of rotatable bonds is 4. The predicted molar refractivity (Wildman–Crippen MR) is 93.8 cm³/mol. The van der Waals surface area contributed by atoms with Crippen LogP contribution in [0.4, 0.5) is 0 Å². The first kappa shape index (κ1) is 16.9. The first-order chi connectivity index (χ1) is 11.1. The van der Waals surface area contributed by atoms with Crippen LogP contribution in [0.1, 0.15) is 32.3 Å². The van der Waals surface area contributed by atoms with Crippen LogP contribution in [-0.2, 0) is 16.0 Å². The molecule has 2 aliphatic heterocycles. The molecule has 0 aliphatic carbocycles. The van der Waals surface area contributed by atoms with Gasteiger partial charge in [-0.2, -0.15) is 11.3 Å². The summed E-state index contributed by atoms with van der Waals surface area (Å²) in [6, 6.07) is 2.05. The van der Waals surface area contributed by atoms with E-state index in [1.54, 1.807) is 11.3 Å². The van der Waals surface area contributed by atoms with Crippen LogP contribution in [0.15, 0.2) is 16.8 Å². The summed E-state index contributed by atoms with van der Waals surface area (Å²) in [7, 11) is 0. The van der Waals surface area contributed by atoms with Gasteiger partial charge in [-0.25, -0.2) is 0 Å². The molecule has 2 aliphatic rings. The molecule has 3 heterocycles. The normalized spacial score (nSPS) is 27.3. The van der Waals surface area contributed by atoms with Crippen LogP contribution < -0.4 is 0 Å². The summed E-state index contributed by atoms with van der Waals surface area (Å²) in [6.45, 7) is 9.41. The smallest absolute Gasteiger partial charge is 0.227 e. The number of amides is 1. The van der Waals surface area contributed by atoms with E-state index >= 15 is 0 Å². The molecule has 3 rings (SSSR count). The molecule has 0 saturated carbocycles. The van der Waals surface area contributed by atoms with Gasteiger partial charge in [-0.1, -0.05) is 0 Å². The Bertz CT molecular complexity index is 487. The van der Waals surface area contributed by atoms with Gasteiger partial charge in [-0.05, 0) is 55.0 Å². The molecule has 0 N–H and O–H groups in total. The van der Waals surface area contributed by atoms with Gasteiger partial charge in [-0.15, -0.1) is 0 Å². The van der Waals surface area contributed by atoms with Crippen molar-refractivity contribution >= 4 is 17.2 Å². The van der Waals surface area contributed by atoms with E-state index < -0.39 is 0 Å². The number of carbonyl (C=O) groups is 1. The number of morpholine rings is 1. The fourth-order valence-corrected chi connectivity index (χ4v) is 4.51. The summed E-state index contributed by atoms with van der Waals surface area (Å²) < 4.78 is 5.81. The number of piperidine rings is 1. The molecule has 1 aromatic heterocycles. The average Bonchev–Trinajstić information content (AvgIpc) is 3.00. The number of thiophene rings is 1. The zero-order valence-electron chi connectivity index (χ0n) is 14.2. The van der Waals surface area contributed by atoms with Gasteiger partial charge in [0.05, 0.1) is 18.6 Å². The minimum absolute atomic E-state index is 0.287. The summed E-state index contributed by atoms with van der Waals surface area (Å²) in [4.78, 5) is 17.0. The van der Waals surface area contributed by atoms with E-state index in [0.717, 1.165) is 57.0 Å². The standard InChI is InChI=1S/C18H28N2O2S/c1-14-10-19(11-15(2)22-14)12-16-3-6-20(7-4-16)18(21)9-17-5-8-23-13-17/h5,8,13-16H,3-4,6-7,9-12H2,1-2H3/t14-,15-/m1/s1. The maximum Gasteiger partial charge on any atom is 0.227 e. The molecule has 0 unspecified atom stereocenters. The summed E-state index contributed by atoms with van der Waals surface area (Å²) in [5.74, 6) is 1.01. The average molecular weight is 337 g/mol. The monoisotopic (exact) mass is 336 g/mol. The zero-order chi connectivity index (χ0) is 16.2. The van der Waals surface area contributed by atoms with Crippen LogP contribution in [0.5, 0.6) is 0 Å². The van der Waals surface area contributed by atoms with Crippen molar-refractivity contribution in [2.24, 2.45) is 5.92 Å². The van der Waals surface area contributed by atoms with Gasteiger partial charge in [0.25, 0.3) is 0 Å². The van der Waals surface area contributed by atoms with Gasteiger partial charge in [-0.3, -0.25) is 9.69 Å². The van der Waals surface area contributed by atoms with Crippen molar-refractivity contribution in [2.75, 3.05) is 32.7 Å². The highest BCUT2D eigenvalue weighted by atomic mass is 32.1. The summed E-state index contributed by atoms with van der Waals surface area (Å²) in [5.41, 5.74) is 1.15. The Kier molecular flexibility index (Phi) is 5.72. The molecule has 0 aromatic carbocycles. The second kappa shape index (κ2) is 7.77. The Hall–Kier alpha value is -0.910. The fourth-order valence-electron chi connectivity index (χ4n) is 3.84. The van der Waals surface area contributed by atoms with Crippen molar-refractivity contribution in [3.05, 3.63) is 22.4 Å². The predicted octanol–water partition coefficient (Wildman–Crippen LogP) is 2.64. The van der Waals surface area contributed by atoms with Crippen LogP contribution >= 0.6 is 11.3 Å². The van der Waals surface area contributed by atoms with Crippen molar-refractivity contribution in [1.29, 1.82) is 0 Å². The number of hydrogen-bond donors (Lipinski definition) is 0. The molecule has 23 heavy (non-hydrogen) atoms. The number of hydrogen-bond acceptors (Lipinski definition) is 4. The Morgan fingerprint density at radius 2 is 1.96 bits per heavy atom. The quantitative estimate of drug-likeness (QED) is 0.847. The van der Waals surface area contributed by atoms with Gasteiger partial charge in [0.2, 0.25) is 5.91 Å². The SMILES string of the molecule is C[C@@H]1CN(CC2CCN(C(=O)Cc3ccsc3)CC2)C[C@@H](C)O1. The van der Waals surface area contributed by atoms with Crippen LogP contribution in [0.3, 0.4) is 0 Å². The van der Waals surface area contributed by atoms with Crippen molar-refractivity contribution in [3.63, 3.8) is 0 Å². The molecule has 2 fully saturated rings. The first-order valence-electron chi connectivity index (χ1n) is 8.77. The largest absolute Gasteiger partial charge is 0.373 e. The maximum atomic E-state index is 12.4. The van der Waals surface area contributed by atoms with Gasteiger partial charge in [0.1, 0.15) is 0 Å². The van der Waals surface area contributed by atoms with E-state index in [0.29, 0.717) is 18.6 Å². The third-order valence-corrected chi connectivity index (χ3v) is 5.65. The minimum atomic E-state index is 0.287. The lowest BCUT2D eigenvalue weighted by Gasteiger charge is -2.39. The Morgan fingerprint density at radius 3 is 2.57 bits per heavy atom. The third kappa shape index (κ3) is 4.78. The number of ether oxygens (including phenoxy) is 1. The molecule has 1 amide bonds. The molecule has 0 spiro atoms. The molecule has 0 bridgehead atoms. The molecular weight excluding hydrogens is 308 g/mol. The van der Waals surface area contributed by atoms with E-state index in [4.69, 9.17) is 4.74 Å². The number of carbonyl (C=O) groups excluding carboxylic acids is 1. The second-order valence-electron chi connectivity index (χ2n) is 7.11. The molecule has 1 aromatic rings. The number of likely N-dealkylation sites (tertiary alicyclic amines) is 1. The lowest BCUT2D eigenvalue weighted by Crippen LogP contribution is -2.48. The topological polar surface area (TPSA) is 32.8 Å². The second-order valence-corrected chi connectivity index (χ2v) is 7.89. The van der Waals surface area contributed by atoms with Crippen LogP contribution in [0.25, 0.3) is 0 Å². The zero-order valence-corrected chi connectivity index (χ0v) is 15.1. The molecule has 0 radical (unpaired) electrons. The fraction of sp³-hybridized carbons (Fsp3) is 0.722. The van der Waals surface area contributed by atoms with Crippen LogP contribution in [-0.4, -0.2) is 60.6 Å². The highest BCUT2D eigenvalue weighted by Gasteiger charge is 2.27. The lowest BCUT2D eigenvalue weighted by molar-refractivity contribution is -0.132. The van der Waals surface area contributed by atoms with Crippen LogP contribution in [0.2, 0.25) is 0 Å². The minimum Gasteiger partial charge on any atom is -0.373 e. The first-order valence-corrected chi connectivity index (χ1v) is 9.71. The highest BCUT2D eigenvalue weighted by molar-refractivity contribution is 7.07. The van der Waals surface area contributed by atoms with Gasteiger partial charge < -0.3 is 9.64 Å². The highest BCUT2D eigenvalue weighted by Crippen LogP contribution is 2.21. The van der Waals surface area contributed by atoms with Crippen molar-refractivity contribution in [1.82, 2.24) is 9.80 Å². The maximum absolute atomic E-state index is 12.4. The Labute approximate surface area is 143 Å². The summed E-state index contributed by atoms with van der Waals surface area (Å²) in [5, 5.41) is 4.12. The van der Waals surface area contributed by atoms with Crippen molar-refractivity contribution < 1.29 is 9.53 Å². The van der Waals surface area contributed by atoms with E-state index in [2.05, 4.69) is 35.1 Å². The summed E-state index contributed by atoms with van der Waals surface area (Å²) in [6.07, 6.45) is 3.51. The molecular formula is C18H28N2O2S. The molecule has 128 valence electrons. The van der Waals surface area contributed by atoms with Crippen molar-refractivity contribution in [2.45, 2.75) is 45.3 Å². The van der Waals surface area contributed by atoms with E-state index in [1.165, 1.54) is 0 Å². The van der Waals surface area contributed by atoms with Crippen molar-refractivity contribution in [3.8, 4) is 0 Å². The van der Waals surface area contributed by atoms with Gasteiger partial charge >= 0.3 is 0 Å². The van der Waals surface area contributed by atoms with Gasteiger partial charge in [0.15, 0.2) is 0 Å². The van der Waals surface area contributed by atoms with E-state index in [1.807, 2.05) is 5.38 Å². The molecule has 5 heteroatoms. The Balaban J connectivity index is 1.42. The van der Waals surface area contributed by atoms with E-state index in [9.17, 15) is 4.79 Å². The summed E-state index contributed by atoms with van der Waals surface area (Å²) >= 11 is 1.66. The van der Waals surface area contributed by atoms with E-state index in [-0.39, 0.29) is 5.91 Å². The van der Waals surface area contributed by atoms with Crippen LogP contribution in [0, 0.1) is 5.92 Å². The Morgan fingerprint density at radius 1 is 1.26 bits per heavy atom. The molecule has 2 atom stereocenters. The molecule has 2 saturated heterocycles. The lowest BCUT2D eigenvalue weighted by atomic mass is 9.95. The van der Waals surface area contributed by atoms with Gasteiger partial charge in [0, 0.05) is 32.7 Å².